The van der Waals surface area contributed by atoms with Crippen molar-refractivity contribution in [3.05, 3.63) is 0 Å². The molecule has 1 aliphatic rings. The van der Waals surface area contributed by atoms with Crippen molar-refractivity contribution in [1.29, 1.82) is 0 Å². The molecule has 0 spiro atoms. The van der Waals surface area contributed by atoms with E-state index in [1.54, 1.807) is 0 Å². The van der Waals surface area contributed by atoms with Crippen molar-refractivity contribution in [2.75, 3.05) is 0 Å². The average molecular weight is 285 g/mol. The van der Waals surface area contributed by atoms with Crippen molar-refractivity contribution in [2.45, 2.75) is 78.6 Å². The van der Waals surface area contributed by atoms with Crippen LogP contribution in [0.1, 0.15) is 78.6 Å². The fourth-order valence-corrected chi connectivity index (χ4v) is 4.56. The summed E-state index contributed by atoms with van der Waals surface area (Å²) < 4.78 is 5.33. The van der Waals surface area contributed by atoms with Crippen LogP contribution in [-0.4, -0.2) is 16.5 Å². The Bertz CT molecular complexity index is 266. The quantitative estimate of drug-likeness (QED) is 0.668. The van der Waals surface area contributed by atoms with E-state index in [0.29, 0.717) is 16.4 Å². The molecule has 1 saturated carbocycles. The number of hydrogen-bond donors (Lipinski definition) is 0. The predicted octanol–water partition coefficient (Wildman–Crippen LogP) is 3.61. The van der Waals surface area contributed by atoms with Gasteiger partial charge in [-0.05, 0) is 24.7 Å². The molecule has 1 fully saturated rings. The molecule has 0 bridgehead atoms. The SMILES string of the molecule is CCCC(CCC)(C(=O)O[SiH3])C(C)C1CCCCC1. The Labute approximate surface area is 122 Å². The summed E-state index contributed by atoms with van der Waals surface area (Å²) in [4.78, 5) is 12.5. The lowest BCUT2D eigenvalue weighted by atomic mass is 9.62. The highest BCUT2D eigenvalue weighted by molar-refractivity contribution is 6.06. The molecule has 0 amide bonds. The summed E-state index contributed by atoms with van der Waals surface area (Å²) in [5.74, 6) is 1.31. The van der Waals surface area contributed by atoms with E-state index in [1.807, 2.05) is 0 Å². The van der Waals surface area contributed by atoms with E-state index in [1.165, 1.54) is 32.1 Å². The fraction of sp³-hybridized carbons (Fsp3) is 0.938. The van der Waals surface area contributed by atoms with Gasteiger partial charge in [0.15, 0.2) is 0 Å². The molecule has 19 heavy (non-hydrogen) atoms. The molecular weight excluding hydrogens is 252 g/mol. The van der Waals surface area contributed by atoms with E-state index in [0.717, 1.165) is 31.6 Å². The molecule has 1 unspecified atom stereocenters. The predicted molar refractivity (Wildman–Crippen MR) is 84.0 cm³/mol. The molecule has 2 nitrogen and oxygen atoms in total. The second kappa shape index (κ2) is 8.08. The zero-order valence-corrected chi connectivity index (χ0v) is 15.3. The maximum absolute atomic E-state index is 12.5. The lowest BCUT2D eigenvalue weighted by molar-refractivity contribution is -0.152. The summed E-state index contributed by atoms with van der Waals surface area (Å²) in [7, 11) is 0.528. The van der Waals surface area contributed by atoms with E-state index in [9.17, 15) is 4.79 Å². The monoisotopic (exact) mass is 284 g/mol. The molecule has 0 aromatic rings. The lowest BCUT2D eigenvalue weighted by Gasteiger charge is -2.42. The first-order chi connectivity index (χ1) is 9.12. The number of rotatable bonds is 7. The minimum Gasteiger partial charge on any atom is -0.528 e. The molecule has 1 atom stereocenters. The second-order valence-electron chi connectivity index (χ2n) is 6.33. The van der Waals surface area contributed by atoms with E-state index in [4.69, 9.17) is 4.43 Å². The minimum atomic E-state index is -0.201. The highest BCUT2D eigenvalue weighted by Crippen LogP contribution is 2.46. The first-order valence-corrected chi connectivity index (χ1v) is 9.02. The first-order valence-electron chi connectivity index (χ1n) is 8.20. The number of carbonyl (C=O) groups is 1. The highest BCUT2D eigenvalue weighted by Gasteiger charge is 2.45. The van der Waals surface area contributed by atoms with Crippen LogP contribution in [0, 0.1) is 17.3 Å². The van der Waals surface area contributed by atoms with Gasteiger partial charge in [0, 0.05) is 0 Å². The van der Waals surface area contributed by atoms with E-state index >= 15 is 0 Å². The van der Waals surface area contributed by atoms with Crippen molar-refractivity contribution < 1.29 is 9.22 Å². The van der Waals surface area contributed by atoms with Gasteiger partial charge in [-0.3, -0.25) is 4.79 Å². The molecule has 0 N–H and O–H groups in total. The summed E-state index contributed by atoms with van der Waals surface area (Å²) in [5, 5.41) is 0. The zero-order valence-electron chi connectivity index (χ0n) is 13.3. The standard InChI is InChI=1S/C16H32O2Si/c1-4-11-16(12-5-2,15(17)18-19)13(3)14-9-7-6-8-10-14/h13-14H,4-12H2,1-3,19H3. The van der Waals surface area contributed by atoms with Crippen molar-refractivity contribution in [3.8, 4) is 0 Å². The topological polar surface area (TPSA) is 26.3 Å². The average Bonchev–Trinajstić information content (AvgIpc) is 2.46. The Kier molecular flexibility index (Phi) is 7.12. The summed E-state index contributed by atoms with van der Waals surface area (Å²) in [5.41, 5.74) is -0.201. The van der Waals surface area contributed by atoms with E-state index in [2.05, 4.69) is 20.8 Å². The van der Waals surface area contributed by atoms with Crippen molar-refractivity contribution in [1.82, 2.24) is 0 Å². The Balaban J connectivity index is 2.93. The van der Waals surface area contributed by atoms with Crippen molar-refractivity contribution in [3.63, 3.8) is 0 Å². The van der Waals surface area contributed by atoms with Crippen LogP contribution >= 0.6 is 0 Å². The normalized spacial score (nSPS) is 19.3. The highest BCUT2D eigenvalue weighted by atomic mass is 28.2. The van der Waals surface area contributed by atoms with Gasteiger partial charge in [-0.15, -0.1) is 0 Å². The Morgan fingerprint density at radius 1 is 1.21 bits per heavy atom. The number of hydrogen-bond acceptors (Lipinski definition) is 2. The molecule has 112 valence electrons. The molecule has 0 radical (unpaired) electrons. The molecule has 3 heteroatoms. The van der Waals surface area contributed by atoms with Crippen LogP contribution in [0.15, 0.2) is 0 Å². The molecule has 1 rings (SSSR count). The molecule has 1 aliphatic carbocycles. The summed E-state index contributed by atoms with van der Waals surface area (Å²) >= 11 is 0. The van der Waals surface area contributed by atoms with Crippen LogP contribution in [-0.2, 0) is 9.22 Å². The van der Waals surface area contributed by atoms with E-state index < -0.39 is 0 Å². The molecule has 0 heterocycles. The molecule has 0 aromatic carbocycles. The molecule has 0 saturated heterocycles. The van der Waals surface area contributed by atoms with Crippen LogP contribution < -0.4 is 0 Å². The zero-order chi connectivity index (χ0) is 14.3. The maximum Gasteiger partial charge on any atom is 0.298 e. The van der Waals surface area contributed by atoms with Gasteiger partial charge in [-0.2, -0.15) is 0 Å². The first kappa shape index (κ1) is 16.7. The van der Waals surface area contributed by atoms with Gasteiger partial charge in [0.25, 0.3) is 5.97 Å². The third-order valence-corrected chi connectivity index (χ3v) is 5.58. The Morgan fingerprint density at radius 3 is 2.16 bits per heavy atom. The van der Waals surface area contributed by atoms with Gasteiger partial charge in [0.05, 0.1) is 5.41 Å². The number of carbonyl (C=O) groups excluding carboxylic acids is 1. The van der Waals surface area contributed by atoms with Crippen molar-refractivity contribution >= 4 is 16.5 Å². The fourth-order valence-electron chi connectivity index (χ4n) is 4.15. The van der Waals surface area contributed by atoms with Gasteiger partial charge in [0.2, 0.25) is 10.5 Å². The maximum atomic E-state index is 12.5. The lowest BCUT2D eigenvalue weighted by Crippen LogP contribution is -2.42. The molecule has 0 aromatic heterocycles. The van der Waals surface area contributed by atoms with Crippen LogP contribution in [0.4, 0.5) is 0 Å². The minimum absolute atomic E-state index is 0.0981. The smallest absolute Gasteiger partial charge is 0.298 e. The van der Waals surface area contributed by atoms with Crippen LogP contribution in [0.5, 0.6) is 0 Å². The summed E-state index contributed by atoms with van der Waals surface area (Å²) in [6.07, 6.45) is 10.8. The Hall–Kier alpha value is -0.313. The largest absolute Gasteiger partial charge is 0.528 e. The third-order valence-electron chi connectivity index (χ3n) is 5.21. The van der Waals surface area contributed by atoms with Crippen LogP contribution in [0.2, 0.25) is 0 Å². The summed E-state index contributed by atoms with van der Waals surface area (Å²) in [6.45, 7) is 6.70. The van der Waals surface area contributed by atoms with E-state index in [-0.39, 0.29) is 11.4 Å². The van der Waals surface area contributed by atoms with Crippen LogP contribution in [0.25, 0.3) is 0 Å². The summed E-state index contributed by atoms with van der Waals surface area (Å²) in [6, 6.07) is 0. The van der Waals surface area contributed by atoms with Gasteiger partial charge >= 0.3 is 0 Å². The van der Waals surface area contributed by atoms with Gasteiger partial charge in [-0.25, -0.2) is 0 Å². The molecular formula is C16H32O2Si. The molecule has 0 aliphatic heterocycles. The van der Waals surface area contributed by atoms with Crippen molar-refractivity contribution in [2.24, 2.45) is 17.3 Å². The van der Waals surface area contributed by atoms with Gasteiger partial charge in [0.1, 0.15) is 0 Å². The van der Waals surface area contributed by atoms with Gasteiger partial charge in [-0.1, -0.05) is 65.7 Å². The Morgan fingerprint density at radius 2 is 1.74 bits per heavy atom. The second-order valence-corrected chi connectivity index (χ2v) is 6.74. The van der Waals surface area contributed by atoms with Crippen LogP contribution in [0.3, 0.4) is 0 Å². The third kappa shape index (κ3) is 3.84. The van der Waals surface area contributed by atoms with Gasteiger partial charge < -0.3 is 4.43 Å².